The average molecular weight is 439 g/mol. The molecule has 2 aliphatic rings. The van der Waals surface area contributed by atoms with Crippen molar-refractivity contribution in [2.24, 2.45) is 4.99 Å². The summed E-state index contributed by atoms with van der Waals surface area (Å²) in [6, 6.07) is 2.85. The minimum atomic E-state index is -3.10. The van der Waals surface area contributed by atoms with Crippen LogP contribution < -0.4 is 10.9 Å². The largest absolute Gasteiger partial charge is 0.365 e. The summed E-state index contributed by atoms with van der Waals surface area (Å²) in [6.07, 6.45) is 3.85. The fourth-order valence-electron chi connectivity index (χ4n) is 3.71. The third kappa shape index (κ3) is 4.20. The van der Waals surface area contributed by atoms with Gasteiger partial charge in [-0.1, -0.05) is 6.07 Å². The molecule has 2 unspecified atom stereocenters. The van der Waals surface area contributed by atoms with Crippen molar-refractivity contribution in [3.8, 4) is 0 Å². The molecule has 4 heterocycles. The van der Waals surface area contributed by atoms with E-state index in [4.69, 9.17) is 0 Å². The molecule has 0 spiro atoms. The van der Waals surface area contributed by atoms with Crippen molar-refractivity contribution in [1.82, 2.24) is 9.38 Å². The zero-order chi connectivity index (χ0) is 20.8. The predicted molar refractivity (Wildman–Crippen MR) is 112 cm³/mol. The van der Waals surface area contributed by atoms with E-state index in [1.165, 1.54) is 10.6 Å². The van der Waals surface area contributed by atoms with E-state index >= 15 is 0 Å². The van der Waals surface area contributed by atoms with Crippen LogP contribution in [0.2, 0.25) is 0 Å². The first kappa shape index (κ1) is 20.0. The Kier molecular flexibility index (Phi) is 4.97. The minimum absolute atomic E-state index is 0.0146. The first-order valence-corrected chi connectivity index (χ1v) is 13.0. The molecule has 2 fully saturated rings. The monoisotopic (exact) mass is 438 g/mol. The molecule has 29 heavy (non-hydrogen) atoms. The van der Waals surface area contributed by atoms with Crippen molar-refractivity contribution in [2.75, 3.05) is 28.3 Å². The van der Waals surface area contributed by atoms with Gasteiger partial charge < -0.3 is 5.32 Å². The van der Waals surface area contributed by atoms with Crippen LogP contribution in [0.25, 0.3) is 5.65 Å². The van der Waals surface area contributed by atoms with E-state index in [0.29, 0.717) is 18.5 Å². The lowest BCUT2D eigenvalue weighted by molar-refractivity contribution is 0.600. The highest BCUT2D eigenvalue weighted by Crippen LogP contribution is 2.20. The summed E-state index contributed by atoms with van der Waals surface area (Å²) in [5, 5.41) is 3.10. The number of hydrogen-bond acceptors (Lipinski definition) is 8. The lowest BCUT2D eigenvalue weighted by Crippen LogP contribution is -2.28. The maximum atomic E-state index is 13.1. The molecule has 2 aromatic heterocycles. The Bertz CT molecular complexity index is 1270. The molecular formula is C18H22N4O5S2. The highest BCUT2D eigenvalue weighted by molar-refractivity contribution is 7.91. The topological polar surface area (TPSA) is 127 Å². The zero-order valence-corrected chi connectivity index (χ0v) is 17.5. The van der Waals surface area contributed by atoms with Gasteiger partial charge in [0.25, 0.3) is 5.56 Å². The van der Waals surface area contributed by atoms with E-state index in [1.54, 1.807) is 12.3 Å². The van der Waals surface area contributed by atoms with Gasteiger partial charge in [0.2, 0.25) is 0 Å². The van der Waals surface area contributed by atoms with E-state index in [9.17, 15) is 21.6 Å². The number of sulfone groups is 2. The van der Waals surface area contributed by atoms with E-state index in [2.05, 4.69) is 15.3 Å². The molecule has 2 aliphatic heterocycles. The van der Waals surface area contributed by atoms with Gasteiger partial charge in [0, 0.05) is 18.5 Å². The van der Waals surface area contributed by atoms with Crippen LogP contribution in [0.5, 0.6) is 0 Å². The standard InChI is InChI=1S/C18H22N4O5S2/c1-12-3-2-6-22-17(12)21-16(20-14-5-8-29(26,27)11-14)15(18(22)23)9-19-13-4-7-28(24,25)10-13/h2-3,6,9,13-14,20H,4-5,7-8,10-11H2,1H3. The third-order valence-corrected chi connectivity index (χ3v) is 8.80. The van der Waals surface area contributed by atoms with Crippen LogP contribution >= 0.6 is 0 Å². The Morgan fingerprint density at radius 2 is 1.90 bits per heavy atom. The molecule has 11 heteroatoms. The SMILES string of the molecule is Cc1cccn2c(=O)c(C=NC3CCS(=O)(=O)C3)c(NC3CCS(=O)(=O)C3)nc12. The molecule has 0 saturated carbocycles. The normalized spacial score (nSPS) is 25.7. The van der Waals surface area contributed by atoms with Gasteiger partial charge in [-0.2, -0.15) is 0 Å². The van der Waals surface area contributed by atoms with Crippen molar-refractivity contribution in [1.29, 1.82) is 0 Å². The highest BCUT2D eigenvalue weighted by atomic mass is 32.2. The van der Waals surface area contributed by atoms with Crippen molar-refractivity contribution in [3.05, 3.63) is 39.8 Å². The predicted octanol–water partition coefficient (Wildman–Crippen LogP) is 0.208. The van der Waals surface area contributed by atoms with Crippen LogP contribution in [0.1, 0.15) is 24.0 Å². The molecule has 0 aliphatic carbocycles. The highest BCUT2D eigenvalue weighted by Gasteiger charge is 2.30. The Balaban J connectivity index is 1.76. The number of fused-ring (bicyclic) bond motifs is 1. The molecule has 1 N–H and O–H groups in total. The number of hydrogen-bond donors (Lipinski definition) is 1. The van der Waals surface area contributed by atoms with Crippen molar-refractivity contribution >= 4 is 37.4 Å². The fourth-order valence-corrected chi connectivity index (χ4v) is 7.02. The number of pyridine rings is 1. The fraction of sp³-hybridized carbons (Fsp3) is 0.500. The summed E-state index contributed by atoms with van der Waals surface area (Å²) in [7, 11) is -6.19. The number of aryl methyl sites for hydroxylation is 1. The summed E-state index contributed by atoms with van der Waals surface area (Å²) < 4.78 is 48.4. The van der Waals surface area contributed by atoms with Crippen LogP contribution in [0, 0.1) is 6.92 Å². The second kappa shape index (κ2) is 7.21. The van der Waals surface area contributed by atoms with Gasteiger partial charge >= 0.3 is 0 Å². The molecule has 156 valence electrons. The number of nitrogens with zero attached hydrogens (tertiary/aromatic N) is 3. The van der Waals surface area contributed by atoms with Gasteiger partial charge in [0.1, 0.15) is 17.0 Å². The zero-order valence-electron chi connectivity index (χ0n) is 15.9. The maximum Gasteiger partial charge on any atom is 0.268 e. The third-order valence-electron chi connectivity index (χ3n) is 5.28. The number of aliphatic imine (C=N–C) groups is 1. The average Bonchev–Trinajstić information content (AvgIpc) is 3.16. The van der Waals surface area contributed by atoms with Crippen molar-refractivity contribution in [2.45, 2.75) is 31.8 Å². The molecular weight excluding hydrogens is 416 g/mol. The van der Waals surface area contributed by atoms with Gasteiger partial charge in [-0.3, -0.25) is 14.2 Å². The molecule has 0 amide bonds. The number of nitrogens with one attached hydrogen (secondary N) is 1. The quantitative estimate of drug-likeness (QED) is 0.676. The van der Waals surface area contributed by atoms with Crippen LogP contribution in [0.15, 0.2) is 28.1 Å². The van der Waals surface area contributed by atoms with Gasteiger partial charge in [0.15, 0.2) is 19.7 Å². The second-order valence-electron chi connectivity index (χ2n) is 7.64. The van der Waals surface area contributed by atoms with Crippen LogP contribution in [-0.4, -0.2) is 67.5 Å². The molecule has 0 bridgehead atoms. The van der Waals surface area contributed by atoms with Gasteiger partial charge in [-0.05, 0) is 31.4 Å². The molecule has 2 aromatic rings. The summed E-state index contributed by atoms with van der Waals surface area (Å²) in [6.45, 7) is 1.84. The lowest BCUT2D eigenvalue weighted by atomic mass is 10.2. The van der Waals surface area contributed by atoms with Gasteiger partial charge in [-0.25, -0.2) is 21.8 Å². The smallest absolute Gasteiger partial charge is 0.268 e. The molecule has 9 nitrogen and oxygen atoms in total. The van der Waals surface area contributed by atoms with Crippen LogP contribution in [0.4, 0.5) is 5.82 Å². The second-order valence-corrected chi connectivity index (χ2v) is 12.1. The molecule has 2 saturated heterocycles. The summed E-state index contributed by atoms with van der Waals surface area (Å²) >= 11 is 0. The van der Waals surface area contributed by atoms with E-state index in [1.807, 2.05) is 13.0 Å². The van der Waals surface area contributed by atoms with Gasteiger partial charge in [-0.15, -0.1) is 0 Å². The maximum absolute atomic E-state index is 13.1. The van der Waals surface area contributed by atoms with Crippen molar-refractivity contribution < 1.29 is 16.8 Å². The van der Waals surface area contributed by atoms with Crippen LogP contribution in [-0.2, 0) is 19.7 Å². The van der Waals surface area contributed by atoms with E-state index in [0.717, 1.165) is 5.56 Å². The number of aromatic nitrogens is 2. The molecule has 0 aromatic carbocycles. The van der Waals surface area contributed by atoms with Gasteiger partial charge in [0.05, 0.1) is 29.1 Å². The summed E-state index contributed by atoms with van der Waals surface area (Å²) in [5.74, 6) is 0.415. The van der Waals surface area contributed by atoms with Crippen molar-refractivity contribution in [3.63, 3.8) is 0 Å². The first-order chi connectivity index (χ1) is 13.6. The Labute approximate surface area is 168 Å². The molecule has 4 rings (SSSR count). The minimum Gasteiger partial charge on any atom is -0.365 e. The van der Waals surface area contributed by atoms with Crippen LogP contribution in [0.3, 0.4) is 0 Å². The molecule has 0 radical (unpaired) electrons. The Morgan fingerprint density at radius 1 is 1.17 bits per heavy atom. The number of anilines is 1. The first-order valence-electron chi connectivity index (χ1n) is 9.36. The Morgan fingerprint density at radius 3 is 2.55 bits per heavy atom. The lowest BCUT2D eigenvalue weighted by Gasteiger charge is -2.15. The summed E-state index contributed by atoms with van der Waals surface area (Å²) in [5.41, 5.74) is 1.13. The Hall–Kier alpha value is -2.27. The number of rotatable bonds is 4. The van der Waals surface area contributed by atoms with E-state index in [-0.39, 0.29) is 46.0 Å². The van der Waals surface area contributed by atoms with E-state index < -0.39 is 25.7 Å². The summed E-state index contributed by atoms with van der Waals surface area (Å²) in [4.78, 5) is 22.0. The molecule has 2 atom stereocenters.